The monoisotopic (exact) mass is 728 g/mol. The normalized spacial score (nSPS) is 15.1. The number of imide groups is 1. The lowest BCUT2D eigenvalue weighted by molar-refractivity contribution is -0.138. The lowest BCUT2D eigenvalue weighted by atomic mass is 10.0. The van der Waals surface area contributed by atoms with Gasteiger partial charge in [-0.25, -0.2) is 19.7 Å². The number of nitrogens with zero attached hydrogens (tertiary/aromatic N) is 6. The Morgan fingerprint density at radius 3 is 2.49 bits per heavy atom. The molecule has 0 unspecified atom stereocenters. The van der Waals surface area contributed by atoms with Gasteiger partial charge in [-0.15, -0.1) is 0 Å². The molecule has 4 aromatic rings. The number of nitrogens with one attached hydrogen (secondary N) is 1. The molecule has 4 heterocycles. The Labute approximate surface area is 304 Å². The smallest absolute Gasteiger partial charge is 0.416 e. The molecule has 1 saturated heterocycles. The molecule has 0 atom stereocenters. The van der Waals surface area contributed by atoms with Crippen molar-refractivity contribution in [2.45, 2.75) is 38.9 Å². The molecular weight excluding hydrogens is 689 g/mol. The summed E-state index contributed by atoms with van der Waals surface area (Å²) in [4.78, 5) is 51.0. The summed E-state index contributed by atoms with van der Waals surface area (Å²) < 4.78 is 44.2. The molecule has 2 aliphatic rings. The summed E-state index contributed by atoms with van der Waals surface area (Å²) in [6.45, 7) is 6.33. The molecule has 53 heavy (non-hydrogen) atoms. The third kappa shape index (κ3) is 8.51. The number of hydrogen-bond donors (Lipinski definition) is 3. The first-order valence-corrected chi connectivity index (χ1v) is 17.2. The van der Waals surface area contributed by atoms with E-state index in [9.17, 15) is 32.7 Å². The Hall–Kier alpha value is -5.72. The molecule has 0 aliphatic carbocycles. The Kier molecular flexibility index (Phi) is 10.8. The fraction of sp³-hybridized carbons (Fsp3) is 0.342. The Morgan fingerprint density at radius 2 is 1.77 bits per heavy atom. The second-order valence-electron chi connectivity index (χ2n) is 13.1. The summed E-state index contributed by atoms with van der Waals surface area (Å²) in [6, 6.07) is 12.4. The number of carbonyl (C=O) groups excluding carboxylic acids is 2. The van der Waals surface area contributed by atoms with Gasteiger partial charge in [-0.05, 0) is 54.4 Å². The minimum Gasteiger partial charge on any atom is -0.465 e. The predicted octanol–water partition coefficient (Wildman–Crippen LogP) is 4.87. The molecule has 276 valence electrons. The van der Waals surface area contributed by atoms with E-state index in [1.165, 1.54) is 18.3 Å². The molecule has 3 amide bonds. The third-order valence-corrected chi connectivity index (χ3v) is 9.42. The van der Waals surface area contributed by atoms with Crippen molar-refractivity contribution in [3.63, 3.8) is 0 Å². The summed E-state index contributed by atoms with van der Waals surface area (Å²) in [5, 5.41) is 12.0. The highest BCUT2D eigenvalue weighted by atomic mass is 19.4. The number of amides is 3. The fourth-order valence-electron chi connectivity index (χ4n) is 6.76. The van der Waals surface area contributed by atoms with Gasteiger partial charge in [-0.1, -0.05) is 37.0 Å². The molecule has 12 nitrogen and oxygen atoms in total. The largest absolute Gasteiger partial charge is 0.465 e. The number of benzene rings is 2. The quantitative estimate of drug-likeness (QED) is 0.216. The maximum absolute atomic E-state index is 14.1. The standard InChI is InChI=1S/C38H39F3N8O4/c1-3-12-47-14-16-48(17-15-47)23-27-9-10-28(20-30(27)38(39,40)41)44-33(50)19-25-6-4-5-24(18-25)7-8-26-22-43-36(42)45-34(26)32-21-29-31(46(32)2)11-13-49(35(29)51)37(52)53/h4-6,9-10,18,20-22H,3,11-17,19,23H2,1-2H3,(H,44,50)(H,52,53)(H2,42,43,45). The van der Waals surface area contributed by atoms with Crippen LogP contribution in [0.25, 0.3) is 11.4 Å². The van der Waals surface area contributed by atoms with Crippen molar-refractivity contribution in [2.75, 3.05) is 50.3 Å². The molecule has 2 aromatic heterocycles. The molecule has 1 fully saturated rings. The number of alkyl halides is 3. The van der Waals surface area contributed by atoms with Crippen molar-refractivity contribution in [2.24, 2.45) is 7.05 Å². The van der Waals surface area contributed by atoms with E-state index in [4.69, 9.17) is 5.73 Å². The molecule has 15 heteroatoms. The average molecular weight is 729 g/mol. The molecule has 0 saturated carbocycles. The maximum Gasteiger partial charge on any atom is 0.416 e. The van der Waals surface area contributed by atoms with Crippen LogP contribution in [0.15, 0.2) is 54.7 Å². The molecule has 2 aromatic carbocycles. The van der Waals surface area contributed by atoms with E-state index in [2.05, 4.69) is 38.9 Å². The number of rotatable bonds is 8. The van der Waals surface area contributed by atoms with Gasteiger partial charge in [0.1, 0.15) is 5.69 Å². The summed E-state index contributed by atoms with van der Waals surface area (Å²) >= 11 is 0. The summed E-state index contributed by atoms with van der Waals surface area (Å²) in [5.41, 5.74) is 8.69. The summed E-state index contributed by atoms with van der Waals surface area (Å²) in [5.74, 6) is 4.95. The Morgan fingerprint density at radius 1 is 1.02 bits per heavy atom. The van der Waals surface area contributed by atoms with Crippen LogP contribution >= 0.6 is 0 Å². The van der Waals surface area contributed by atoms with Crippen LogP contribution in [0.5, 0.6) is 0 Å². The Bertz CT molecular complexity index is 2110. The van der Waals surface area contributed by atoms with Gasteiger partial charge in [0.15, 0.2) is 0 Å². The molecular formula is C38H39F3N8O4. The number of nitrogens with two attached hydrogens (primary N) is 1. The van der Waals surface area contributed by atoms with Crippen LogP contribution < -0.4 is 11.1 Å². The first-order chi connectivity index (χ1) is 25.3. The third-order valence-electron chi connectivity index (χ3n) is 9.42. The lowest BCUT2D eigenvalue weighted by Crippen LogP contribution is -2.46. The van der Waals surface area contributed by atoms with Crippen LogP contribution in [0.2, 0.25) is 0 Å². The second-order valence-corrected chi connectivity index (χ2v) is 13.1. The van der Waals surface area contributed by atoms with Crippen molar-refractivity contribution in [1.29, 1.82) is 0 Å². The molecule has 4 N–H and O–H groups in total. The van der Waals surface area contributed by atoms with Gasteiger partial charge < -0.3 is 25.6 Å². The molecule has 0 bridgehead atoms. The van der Waals surface area contributed by atoms with Crippen LogP contribution in [0.1, 0.15) is 57.2 Å². The average Bonchev–Trinajstić information content (AvgIpc) is 3.45. The predicted molar refractivity (Wildman–Crippen MR) is 192 cm³/mol. The summed E-state index contributed by atoms with van der Waals surface area (Å²) in [6.07, 6.45) is -3.19. The number of aromatic nitrogens is 3. The lowest BCUT2D eigenvalue weighted by Gasteiger charge is -2.35. The van der Waals surface area contributed by atoms with Crippen LogP contribution in [-0.2, 0) is 37.4 Å². The highest BCUT2D eigenvalue weighted by Crippen LogP contribution is 2.35. The Balaban J connectivity index is 1.16. The first kappa shape index (κ1) is 37.1. The van der Waals surface area contributed by atoms with Gasteiger partial charge in [0.05, 0.1) is 28.8 Å². The highest BCUT2D eigenvalue weighted by molar-refractivity contribution is 6.05. The number of nitrogen functional groups attached to an aromatic ring is 1. The van der Waals surface area contributed by atoms with Gasteiger partial charge in [-0.3, -0.25) is 14.5 Å². The topological polar surface area (TPSA) is 150 Å². The highest BCUT2D eigenvalue weighted by Gasteiger charge is 2.35. The van der Waals surface area contributed by atoms with Gasteiger partial charge in [0.2, 0.25) is 11.9 Å². The van der Waals surface area contributed by atoms with E-state index in [1.54, 1.807) is 41.9 Å². The van der Waals surface area contributed by atoms with Crippen molar-refractivity contribution in [1.82, 2.24) is 29.2 Å². The van der Waals surface area contributed by atoms with E-state index < -0.39 is 29.6 Å². The second kappa shape index (κ2) is 15.5. The number of fused-ring (bicyclic) bond motifs is 1. The van der Waals surface area contributed by atoms with Crippen molar-refractivity contribution < 1.29 is 32.7 Å². The number of halogens is 3. The van der Waals surface area contributed by atoms with E-state index in [1.807, 2.05) is 4.90 Å². The molecule has 0 radical (unpaired) electrons. The van der Waals surface area contributed by atoms with Crippen LogP contribution in [-0.4, -0.2) is 91.5 Å². The van der Waals surface area contributed by atoms with Crippen LogP contribution in [0.4, 0.5) is 29.6 Å². The number of hydrogen-bond acceptors (Lipinski definition) is 8. The van der Waals surface area contributed by atoms with E-state index in [0.29, 0.717) is 53.3 Å². The molecule has 6 rings (SSSR count). The van der Waals surface area contributed by atoms with Crippen molar-refractivity contribution >= 4 is 29.5 Å². The number of piperazine rings is 1. The zero-order valence-electron chi connectivity index (χ0n) is 29.3. The van der Waals surface area contributed by atoms with Crippen LogP contribution in [0.3, 0.4) is 0 Å². The first-order valence-electron chi connectivity index (χ1n) is 17.2. The number of anilines is 2. The van der Waals surface area contributed by atoms with Crippen LogP contribution in [0, 0.1) is 11.8 Å². The van der Waals surface area contributed by atoms with E-state index in [0.717, 1.165) is 37.0 Å². The minimum absolute atomic E-state index is 0.0194. The number of carboxylic acid groups (broad SMARTS) is 1. The SMILES string of the molecule is CCCN1CCN(Cc2ccc(NC(=O)Cc3cccc(C#Cc4cnc(N)nc4-c4cc5c(n4C)CCN(C(=O)O)C5=O)c3)cc2C(F)(F)F)CC1. The van der Waals surface area contributed by atoms with Gasteiger partial charge in [0.25, 0.3) is 5.91 Å². The number of carbonyl (C=O) groups is 3. The maximum atomic E-state index is 14.1. The van der Waals surface area contributed by atoms with E-state index in [-0.39, 0.29) is 42.3 Å². The zero-order chi connectivity index (χ0) is 37.9. The minimum atomic E-state index is -4.58. The van der Waals surface area contributed by atoms with Gasteiger partial charge in [0, 0.05) is 75.9 Å². The van der Waals surface area contributed by atoms with Gasteiger partial charge >= 0.3 is 12.3 Å². The van der Waals surface area contributed by atoms with Crippen molar-refractivity contribution in [3.05, 3.63) is 93.8 Å². The van der Waals surface area contributed by atoms with Crippen molar-refractivity contribution in [3.8, 4) is 23.2 Å². The fourth-order valence-corrected chi connectivity index (χ4v) is 6.76. The summed E-state index contributed by atoms with van der Waals surface area (Å²) in [7, 11) is 1.75. The molecule has 0 spiro atoms. The molecule has 2 aliphatic heterocycles. The van der Waals surface area contributed by atoms with Gasteiger partial charge in [-0.2, -0.15) is 13.2 Å². The van der Waals surface area contributed by atoms with E-state index >= 15 is 0 Å². The zero-order valence-corrected chi connectivity index (χ0v) is 29.3.